The van der Waals surface area contributed by atoms with Crippen molar-refractivity contribution in [2.75, 3.05) is 14.2 Å². The van der Waals surface area contributed by atoms with Crippen molar-refractivity contribution in [3.8, 4) is 5.75 Å². The first-order chi connectivity index (χ1) is 11.6. The van der Waals surface area contributed by atoms with Crippen molar-refractivity contribution in [3.05, 3.63) is 47.1 Å². The van der Waals surface area contributed by atoms with Crippen molar-refractivity contribution in [1.82, 2.24) is 0 Å². The number of alkyl halides is 3. The van der Waals surface area contributed by atoms with Crippen LogP contribution in [-0.2, 0) is 16.0 Å². The van der Waals surface area contributed by atoms with E-state index in [1.54, 1.807) is 38.1 Å². The predicted molar refractivity (Wildman–Crippen MR) is 91.3 cm³/mol. The van der Waals surface area contributed by atoms with Crippen LogP contribution in [0.4, 0.5) is 13.2 Å². The van der Waals surface area contributed by atoms with Crippen molar-refractivity contribution < 1.29 is 27.4 Å². The molecule has 0 bridgehead atoms. The maximum Gasteiger partial charge on any atom is 0.394 e. The molecule has 1 rings (SSSR count). The zero-order valence-electron chi connectivity index (χ0n) is 15.0. The number of ether oxygens (including phenoxy) is 2. The lowest BCUT2D eigenvalue weighted by atomic mass is 9.93. The molecule has 0 aliphatic carbocycles. The number of rotatable bonds is 6. The van der Waals surface area contributed by atoms with E-state index in [1.165, 1.54) is 20.3 Å². The first kappa shape index (κ1) is 20.8. The molecule has 0 aromatic heterocycles. The van der Waals surface area contributed by atoms with Gasteiger partial charge in [-0.2, -0.15) is 13.2 Å². The summed E-state index contributed by atoms with van der Waals surface area (Å²) in [5, 5.41) is 0. The Kier molecular flexibility index (Phi) is 7.27. The van der Waals surface area contributed by atoms with Crippen LogP contribution >= 0.6 is 0 Å². The van der Waals surface area contributed by atoms with Crippen molar-refractivity contribution in [2.45, 2.75) is 33.4 Å². The van der Waals surface area contributed by atoms with Crippen LogP contribution in [0, 0.1) is 5.92 Å². The fraction of sp³-hybridized carbons (Fsp3) is 0.421. The average Bonchev–Trinajstić information content (AvgIpc) is 2.54. The van der Waals surface area contributed by atoms with E-state index >= 15 is 0 Å². The van der Waals surface area contributed by atoms with E-state index in [4.69, 9.17) is 4.74 Å². The van der Waals surface area contributed by atoms with E-state index in [0.29, 0.717) is 28.0 Å². The van der Waals surface area contributed by atoms with Gasteiger partial charge in [0.25, 0.3) is 0 Å². The second kappa shape index (κ2) is 8.74. The quantitative estimate of drug-likeness (QED) is 0.534. The van der Waals surface area contributed by atoms with Crippen LogP contribution in [0.5, 0.6) is 5.75 Å². The standard InChI is InChI=1S/C19H23F3O3/c1-6-15(12(2)9-13(3)19(20,21)22)16-10-14(11-18(23)25-5)7-8-17(16)24-4/h6-10,13H,11H2,1-5H3/b12-9-,15-6+. The molecule has 0 saturated carbocycles. The molecular weight excluding hydrogens is 333 g/mol. The molecule has 0 saturated heterocycles. The molecule has 0 aliphatic heterocycles. The molecule has 0 N–H and O–H groups in total. The van der Waals surface area contributed by atoms with Gasteiger partial charge in [0, 0.05) is 5.56 Å². The van der Waals surface area contributed by atoms with Gasteiger partial charge in [0.1, 0.15) is 5.75 Å². The van der Waals surface area contributed by atoms with Crippen LogP contribution in [0.2, 0.25) is 0 Å². The van der Waals surface area contributed by atoms with Gasteiger partial charge >= 0.3 is 12.1 Å². The lowest BCUT2D eigenvalue weighted by Gasteiger charge is -2.17. The van der Waals surface area contributed by atoms with Gasteiger partial charge in [0.05, 0.1) is 26.6 Å². The highest BCUT2D eigenvalue weighted by Crippen LogP contribution is 2.35. The number of allylic oxidation sites excluding steroid dienone is 4. The Bertz CT molecular complexity index is 673. The van der Waals surface area contributed by atoms with E-state index in [9.17, 15) is 18.0 Å². The van der Waals surface area contributed by atoms with Crippen molar-refractivity contribution >= 4 is 11.5 Å². The van der Waals surface area contributed by atoms with Gasteiger partial charge < -0.3 is 9.47 Å². The van der Waals surface area contributed by atoms with Gasteiger partial charge in [-0.05, 0) is 42.7 Å². The van der Waals surface area contributed by atoms with Crippen molar-refractivity contribution in [3.63, 3.8) is 0 Å². The molecule has 1 unspecified atom stereocenters. The van der Waals surface area contributed by atoms with Crippen LogP contribution in [0.15, 0.2) is 35.9 Å². The first-order valence-electron chi connectivity index (χ1n) is 7.80. The SMILES string of the molecule is C/C=C(\C(C)=C/C(C)C(F)(F)F)c1cc(CC(=O)OC)ccc1OC. The Labute approximate surface area is 146 Å². The summed E-state index contributed by atoms with van der Waals surface area (Å²) in [4.78, 5) is 11.5. The Morgan fingerprint density at radius 3 is 2.40 bits per heavy atom. The molecule has 25 heavy (non-hydrogen) atoms. The normalized spacial score (nSPS) is 14.2. The van der Waals surface area contributed by atoms with Gasteiger partial charge in [0.2, 0.25) is 0 Å². The molecule has 1 aromatic rings. The lowest BCUT2D eigenvalue weighted by Crippen LogP contribution is -2.18. The minimum absolute atomic E-state index is 0.0756. The summed E-state index contributed by atoms with van der Waals surface area (Å²) in [6, 6.07) is 5.15. The van der Waals surface area contributed by atoms with E-state index in [2.05, 4.69) is 4.74 Å². The number of carbonyl (C=O) groups is 1. The highest BCUT2D eigenvalue weighted by Gasteiger charge is 2.34. The van der Waals surface area contributed by atoms with E-state index in [1.807, 2.05) is 0 Å². The molecular formula is C19H23F3O3. The van der Waals surface area contributed by atoms with Crippen LogP contribution < -0.4 is 4.74 Å². The van der Waals surface area contributed by atoms with Crippen LogP contribution in [0.1, 0.15) is 31.9 Å². The molecule has 0 amide bonds. The molecule has 6 heteroatoms. The van der Waals surface area contributed by atoms with Crippen molar-refractivity contribution in [1.29, 1.82) is 0 Å². The number of hydrogen-bond donors (Lipinski definition) is 0. The summed E-state index contributed by atoms with van der Waals surface area (Å²) in [7, 11) is 2.79. The highest BCUT2D eigenvalue weighted by atomic mass is 19.4. The third kappa shape index (κ3) is 5.66. The topological polar surface area (TPSA) is 35.5 Å². The third-order valence-corrected chi connectivity index (χ3v) is 3.86. The zero-order valence-corrected chi connectivity index (χ0v) is 15.0. The van der Waals surface area contributed by atoms with Crippen LogP contribution in [0.25, 0.3) is 5.57 Å². The molecule has 1 atom stereocenters. The number of halogens is 3. The van der Waals surface area contributed by atoms with Gasteiger partial charge in [0.15, 0.2) is 0 Å². The van der Waals surface area contributed by atoms with Gasteiger partial charge in [-0.25, -0.2) is 0 Å². The number of methoxy groups -OCH3 is 2. The fourth-order valence-electron chi connectivity index (χ4n) is 2.47. The number of benzene rings is 1. The summed E-state index contributed by atoms with van der Waals surface area (Å²) in [5.41, 5.74) is 2.44. The summed E-state index contributed by atoms with van der Waals surface area (Å²) >= 11 is 0. The molecule has 3 nitrogen and oxygen atoms in total. The average molecular weight is 356 g/mol. The second-order valence-electron chi connectivity index (χ2n) is 5.67. The largest absolute Gasteiger partial charge is 0.496 e. The Hall–Kier alpha value is -2.24. The smallest absolute Gasteiger partial charge is 0.394 e. The van der Waals surface area contributed by atoms with Gasteiger partial charge in [-0.15, -0.1) is 0 Å². The highest BCUT2D eigenvalue weighted by molar-refractivity contribution is 5.82. The second-order valence-corrected chi connectivity index (χ2v) is 5.67. The molecule has 0 fully saturated rings. The van der Waals surface area contributed by atoms with E-state index < -0.39 is 18.1 Å². The summed E-state index contributed by atoms with van der Waals surface area (Å²) < 4.78 is 48.5. The molecule has 138 valence electrons. The number of esters is 1. The summed E-state index contributed by atoms with van der Waals surface area (Å²) in [5.74, 6) is -1.43. The predicted octanol–water partition coefficient (Wildman–Crippen LogP) is 4.96. The summed E-state index contributed by atoms with van der Waals surface area (Å²) in [6.07, 6.45) is -1.31. The van der Waals surface area contributed by atoms with Crippen LogP contribution in [0.3, 0.4) is 0 Å². The fourth-order valence-corrected chi connectivity index (χ4v) is 2.47. The summed E-state index contributed by atoms with van der Waals surface area (Å²) in [6.45, 7) is 4.49. The van der Waals surface area contributed by atoms with Crippen LogP contribution in [-0.4, -0.2) is 26.4 Å². The Morgan fingerprint density at radius 1 is 1.28 bits per heavy atom. The number of hydrogen-bond acceptors (Lipinski definition) is 3. The molecule has 1 aromatic carbocycles. The minimum atomic E-state index is -4.29. The monoisotopic (exact) mass is 356 g/mol. The lowest BCUT2D eigenvalue weighted by molar-refractivity contribution is -0.156. The minimum Gasteiger partial charge on any atom is -0.496 e. The van der Waals surface area contributed by atoms with E-state index in [0.717, 1.165) is 6.92 Å². The van der Waals surface area contributed by atoms with Gasteiger partial charge in [-0.1, -0.05) is 25.1 Å². The molecule has 0 heterocycles. The zero-order chi connectivity index (χ0) is 19.2. The third-order valence-electron chi connectivity index (χ3n) is 3.86. The Morgan fingerprint density at radius 2 is 1.92 bits per heavy atom. The molecule has 0 aliphatic rings. The molecule has 0 radical (unpaired) electrons. The first-order valence-corrected chi connectivity index (χ1v) is 7.80. The number of carbonyl (C=O) groups excluding carboxylic acids is 1. The maximum absolute atomic E-state index is 12.8. The van der Waals surface area contributed by atoms with Gasteiger partial charge in [-0.3, -0.25) is 4.79 Å². The Balaban J connectivity index is 3.31. The maximum atomic E-state index is 12.8. The van der Waals surface area contributed by atoms with Crippen molar-refractivity contribution in [2.24, 2.45) is 5.92 Å². The molecule has 0 spiro atoms. The van der Waals surface area contributed by atoms with E-state index in [-0.39, 0.29) is 6.42 Å².